The Bertz CT molecular complexity index is 424. The summed E-state index contributed by atoms with van der Waals surface area (Å²) in [4.78, 5) is 0. The Balaban J connectivity index is 2.17. The van der Waals surface area contributed by atoms with Crippen molar-refractivity contribution in [2.45, 2.75) is 57.9 Å². The standard InChI is InChI=1S/C17H26FNS/c1-12-15(6-5-11-20-12)19-16(17(2,3)4)13-7-9-14(18)10-8-13/h7-10,12,15-16,19H,5-6,11H2,1-4H3. The van der Waals surface area contributed by atoms with E-state index < -0.39 is 0 Å². The van der Waals surface area contributed by atoms with E-state index in [1.165, 1.54) is 24.2 Å². The highest BCUT2D eigenvalue weighted by molar-refractivity contribution is 7.99. The van der Waals surface area contributed by atoms with Crippen molar-refractivity contribution in [3.63, 3.8) is 0 Å². The largest absolute Gasteiger partial charge is 0.306 e. The molecule has 0 aliphatic carbocycles. The highest BCUT2D eigenvalue weighted by atomic mass is 32.2. The molecule has 1 aliphatic heterocycles. The summed E-state index contributed by atoms with van der Waals surface area (Å²) < 4.78 is 13.1. The molecule has 0 radical (unpaired) electrons. The van der Waals surface area contributed by atoms with Crippen LogP contribution in [0.15, 0.2) is 24.3 Å². The SMILES string of the molecule is CC1SCCCC1NC(c1ccc(F)cc1)C(C)(C)C. The van der Waals surface area contributed by atoms with Crippen LogP contribution in [0, 0.1) is 11.2 Å². The van der Waals surface area contributed by atoms with Gasteiger partial charge in [0.15, 0.2) is 0 Å². The molecule has 3 heteroatoms. The van der Waals surface area contributed by atoms with Crippen LogP contribution in [0.5, 0.6) is 0 Å². The van der Waals surface area contributed by atoms with Crippen LogP contribution in [0.25, 0.3) is 0 Å². The molecule has 112 valence electrons. The van der Waals surface area contributed by atoms with Crippen molar-refractivity contribution in [1.82, 2.24) is 5.32 Å². The van der Waals surface area contributed by atoms with Crippen molar-refractivity contribution in [2.24, 2.45) is 5.41 Å². The minimum atomic E-state index is -0.164. The van der Waals surface area contributed by atoms with Crippen molar-refractivity contribution >= 4 is 11.8 Å². The molecule has 2 rings (SSSR count). The molecular formula is C17H26FNS. The minimum absolute atomic E-state index is 0.111. The molecule has 1 saturated heterocycles. The average Bonchev–Trinajstić information content (AvgIpc) is 2.38. The predicted molar refractivity (Wildman–Crippen MR) is 86.7 cm³/mol. The monoisotopic (exact) mass is 295 g/mol. The number of thioether (sulfide) groups is 1. The second-order valence-electron chi connectivity index (χ2n) is 6.84. The Morgan fingerprint density at radius 3 is 2.45 bits per heavy atom. The summed E-state index contributed by atoms with van der Waals surface area (Å²) >= 11 is 2.05. The van der Waals surface area contributed by atoms with Gasteiger partial charge >= 0.3 is 0 Å². The highest BCUT2D eigenvalue weighted by Gasteiger charge is 2.31. The van der Waals surface area contributed by atoms with Crippen molar-refractivity contribution in [3.05, 3.63) is 35.6 Å². The van der Waals surface area contributed by atoms with Gasteiger partial charge in [-0.2, -0.15) is 11.8 Å². The van der Waals surface area contributed by atoms with E-state index in [0.717, 1.165) is 0 Å². The van der Waals surface area contributed by atoms with Gasteiger partial charge in [-0.1, -0.05) is 39.8 Å². The number of rotatable bonds is 3. The lowest BCUT2D eigenvalue weighted by molar-refractivity contribution is 0.241. The van der Waals surface area contributed by atoms with Crippen LogP contribution in [0.2, 0.25) is 0 Å². The fraction of sp³-hybridized carbons (Fsp3) is 0.647. The molecule has 0 saturated carbocycles. The second-order valence-corrected chi connectivity index (χ2v) is 8.33. The molecule has 0 bridgehead atoms. The summed E-state index contributed by atoms with van der Waals surface area (Å²) in [5, 5.41) is 4.49. The Hall–Kier alpha value is -0.540. The van der Waals surface area contributed by atoms with Crippen LogP contribution >= 0.6 is 11.8 Å². The lowest BCUT2D eigenvalue weighted by Crippen LogP contribution is -2.45. The first-order valence-electron chi connectivity index (χ1n) is 7.51. The van der Waals surface area contributed by atoms with Gasteiger partial charge in [-0.3, -0.25) is 0 Å². The molecule has 3 atom stereocenters. The summed E-state index contributed by atoms with van der Waals surface area (Å²) in [5.41, 5.74) is 1.29. The molecule has 0 spiro atoms. The third-order valence-corrected chi connectivity index (χ3v) is 5.44. The number of nitrogens with one attached hydrogen (secondary N) is 1. The molecule has 1 aliphatic rings. The molecule has 1 aromatic rings. The Labute approximate surface area is 126 Å². The van der Waals surface area contributed by atoms with Gasteiger partial charge in [0.25, 0.3) is 0 Å². The average molecular weight is 295 g/mol. The zero-order valence-electron chi connectivity index (χ0n) is 12.9. The van der Waals surface area contributed by atoms with Gasteiger partial charge in [0.2, 0.25) is 0 Å². The van der Waals surface area contributed by atoms with E-state index in [9.17, 15) is 4.39 Å². The first kappa shape index (κ1) is 15.8. The Kier molecular flexibility index (Phi) is 5.14. The van der Waals surface area contributed by atoms with Crippen LogP contribution in [0.3, 0.4) is 0 Å². The van der Waals surface area contributed by atoms with E-state index >= 15 is 0 Å². The third-order valence-electron chi connectivity index (χ3n) is 4.06. The van der Waals surface area contributed by atoms with Crippen molar-refractivity contribution in [2.75, 3.05) is 5.75 Å². The Morgan fingerprint density at radius 1 is 1.25 bits per heavy atom. The highest BCUT2D eigenvalue weighted by Crippen LogP contribution is 2.35. The molecule has 1 heterocycles. The van der Waals surface area contributed by atoms with E-state index in [1.807, 2.05) is 12.1 Å². The summed E-state index contributed by atoms with van der Waals surface area (Å²) in [7, 11) is 0. The van der Waals surface area contributed by atoms with Crippen molar-refractivity contribution < 1.29 is 4.39 Å². The first-order chi connectivity index (χ1) is 9.38. The molecular weight excluding hydrogens is 269 g/mol. The van der Waals surface area contributed by atoms with Crippen LogP contribution < -0.4 is 5.32 Å². The smallest absolute Gasteiger partial charge is 0.123 e. The zero-order valence-corrected chi connectivity index (χ0v) is 13.8. The van der Waals surface area contributed by atoms with Crippen LogP contribution in [0.4, 0.5) is 4.39 Å². The quantitative estimate of drug-likeness (QED) is 0.860. The van der Waals surface area contributed by atoms with Crippen LogP contribution in [-0.2, 0) is 0 Å². The predicted octanol–water partition coefficient (Wildman–Crippen LogP) is 4.79. The van der Waals surface area contributed by atoms with Gasteiger partial charge < -0.3 is 5.32 Å². The molecule has 0 aromatic heterocycles. The summed E-state index contributed by atoms with van der Waals surface area (Å²) in [6, 6.07) is 7.76. The maximum absolute atomic E-state index is 13.1. The molecule has 0 amide bonds. The lowest BCUT2D eigenvalue weighted by atomic mass is 9.81. The van der Waals surface area contributed by atoms with E-state index in [1.54, 1.807) is 12.1 Å². The second kappa shape index (κ2) is 6.48. The molecule has 1 aromatic carbocycles. The number of benzene rings is 1. The summed E-state index contributed by atoms with van der Waals surface area (Å²) in [6.45, 7) is 9.05. The van der Waals surface area contributed by atoms with Gasteiger partial charge in [0, 0.05) is 17.3 Å². The summed E-state index contributed by atoms with van der Waals surface area (Å²) in [5.74, 6) is 1.11. The number of hydrogen-bond acceptors (Lipinski definition) is 2. The van der Waals surface area contributed by atoms with Gasteiger partial charge in [-0.15, -0.1) is 0 Å². The summed E-state index contributed by atoms with van der Waals surface area (Å²) in [6.07, 6.45) is 2.52. The van der Waals surface area contributed by atoms with Gasteiger partial charge in [0.05, 0.1) is 0 Å². The molecule has 1 N–H and O–H groups in total. The molecule has 20 heavy (non-hydrogen) atoms. The number of hydrogen-bond donors (Lipinski definition) is 1. The fourth-order valence-corrected chi connectivity index (χ4v) is 4.01. The van der Waals surface area contributed by atoms with Crippen LogP contribution in [-0.4, -0.2) is 17.0 Å². The van der Waals surface area contributed by atoms with Gasteiger partial charge in [-0.05, 0) is 41.7 Å². The zero-order chi connectivity index (χ0) is 14.8. The third kappa shape index (κ3) is 3.98. The molecule has 1 nitrogen and oxygen atoms in total. The molecule has 1 fully saturated rings. The van der Waals surface area contributed by atoms with E-state index in [4.69, 9.17) is 0 Å². The normalized spacial score (nSPS) is 25.4. The maximum Gasteiger partial charge on any atom is 0.123 e. The molecule has 3 unspecified atom stereocenters. The maximum atomic E-state index is 13.1. The van der Waals surface area contributed by atoms with E-state index in [0.29, 0.717) is 11.3 Å². The van der Waals surface area contributed by atoms with Gasteiger partial charge in [0.1, 0.15) is 5.82 Å². The topological polar surface area (TPSA) is 12.0 Å². The Morgan fingerprint density at radius 2 is 1.90 bits per heavy atom. The lowest BCUT2D eigenvalue weighted by Gasteiger charge is -2.39. The van der Waals surface area contributed by atoms with Crippen molar-refractivity contribution in [3.8, 4) is 0 Å². The van der Waals surface area contributed by atoms with E-state index in [2.05, 4.69) is 44.8 Å². The number of halogens is 1. The first-order valence-corrected chi connectivity index (χ1v) is 8.56. The minimum Gasteiger partial charge on any atom is -0.306 e. The van der Waals surface area contributed by atoms with E-state index in [-0.39, 0.29) is 17.3 Å². The van der Waals surface area contributed by atoms with Gasteiger partial charge in [-0.25, -0.2) is 4.39 Å². The van der Waals surface area contributed by atoms with Crippen LogP contribution in [0.1, 0.15) is 52.1 Å². The fourth-order valence-electron chi connectivity index (χ4n) is 2.86. The van der Waals surface area contributed by atoms with Crippen molar-refractivity contribution in [1.29, 1.82) is 0 Å².